The molecule has 0 radical (unpaired) electrons. The highest BCUT2D eigenvalue weighted by atomic mass is 32.2. The third-order valence-electron chi connectivity index (χ3n) is 5.27. The fraction of sp³-hybridized carbons (Fsp3) is 0.364. The summed E-state index contributed by atoms with van der Waals surface area (Å²) in [7, 11) is 1.63. The summed E-state index contributed by atoms with van der Waals surface area (Å²) in [4.78, 5) is 25.8. The van der Waals surface area contributed by atoms with E-state index in [0.29, 0.717) is 25.4 Å². The van der Waals surface area contributed by atoms with Crippen molar-refractivity contribution in [3.63, 3.8) is 0 Å². The van der Waals surface area contributed by atoms with Crippen molar-refractivity contribution in [2.45, 2.75) is 23.2 Å². The Bertz CT molecular complexity index is 848. The lowest BCUT2D eigenvalue weighted by Crippen LogP contribution is -2.47. The molecule has 0 aliphatic carbocycles. The van der Waals surface area contributed by atoms with Crippen molar-refractivity contribution < 1.29 is 19.1 Å². The zero-order valence-corrected chi connectivity index (χ0v) is 17.5. The number of hydrogen-bond donors (Lipinski definition) is 2. The quantitative estimate of drug-likeness (QED) is 0.561. The molecule has 3 rings (SSSR count). The van der Waals surface area contributed by atoms with E-state index in [1.807, 2.05) is 48.7 Å². The Morgan fingerprint density at radius 2 is 1.83 bits per heavy atom. The van der Waals surface area contributed by atoms with Gasteiger partial charge in [-0.1, -0.05) is 18.2 Å². The molecular formula is C22H26N2O4S. The van der Waals surface area contributed by atoms with Gasteiger partial charge in [-0.3, -0.25) is 9.59 Å². The van der Waals surface area contributed by atoms with Gasteiger partial charge in [-0.05, 0) is 55.0 Å². The molecule has 1 aliphatic heterocycles. The lowest BCUT2D eigenvalue weighted by atomic mass is 9.74. The number of ether oxygens (including phenoxy) is 2. The number of methoxy groups -OCH3 is 1. The molecule has 2 aromatic rings. The van der Waals surface area contributed by atoms with E-state index in [9.17, 15) is 9.59 Å². The van der Waals surface area contributed by atoms with Gasteiger partial charge in [0.25, 0.3) is 0 Å². The summed E-state index contributed by atoms with van der Waals surface area (Å²) in [6.07, 6.45) is 3.51. The zero-order chi connectivity index (χ0) is 20.7. The molecule has 1 heterocycles. The molecule has 0 spiro atoms. The molecule has 7 heteroatoms. The number of carbonyl (C=O) groups is 2. The lowest BCUT2D eigenvalue weighted by Gasteiger charge is -2.38. The summed E-state index contributed by atoms with van der Waals surface area (Å²) in [5.41, 5.74) is 1.45. The highest BCUT2D eigenvalue weighted by molar-refractivity contribution is 7.98. The van der Waals surface area contributed by atoms with Crippen molar-refractivity contribution in [2.24, 2.45) is 0 Å². The monoisotopic (exact) mass is 414 g/mol. The van der Waals surface area contributed by atoms with E-state index in [1.54, 1.807) is 24.9 Å². The molecule has 2 amide bonds. The number of carbonyl (C=O) groups excluding carboxylic acids is 2. The van der Waals surface area contributed by atoms with Crippen LogP contribution < -0.4 is 15.4 Å². The smallest absolute Gasteiger partial charge is 0.313 e. The lowest BCUT2D eigenvalue weighted by molar-refractivity contribution is -0.136. The van der Waals surface area contributed by atoms with Crippen molar-refractivity contribution >= 4 is 29.3 Å². The third-order valence-corrected chi connectivity index (χ3v) is 6.00. The van der Waals surface area contributed by atoms with Gasteiger partial charge in [0.2, 0.25) is 0 Å². The summed E-state index contributed by atoms with van der Waals surface area (Å²) in [5, 5.41) is 5.49. The van der Waals surface area contributed by atoms with Gasteiger partial charge in [-0.25, -0.2) is 0 Å². The van der Waals surface area contributed by atoms with Gasteiger partial charge < -0.3 is 20.1 Å². The number of nitrogens with one attached hydrogen (secondary N) is 2. The molecule has 0 aromatic heterocycles. The highest BCUT2D eigenvalue weighted by Gasteiger charge is 2.35. The maximum absolute atomic E-state index is 12.4. The Morgan fingerprint density at radius 3 is 2.48 bits per heavy atom. The predicted octanol–water partition coefficient (Wildman–Crippen LogP) is 3.22. The van der Waals surface area contributed by atoms with E-state index in [2.05, 4.69) is 10.6 Å². The number of anilines is 1. The number of hydrogen-bond acceptors (Lipinski definition) is 5. The van der Waals surface area contributed by atoms with Crippen LogP contribution in [0, 0.1) is 0 Å². The second-order valence-corrected chi connectivity index (χ2v) is 7.87. The van der Waals surface area contributed by atoms with Gasteiger partial charge in [-0.2, -0.15) is 0 Å². The van der Waals surface area contributed by atoms with E-state index >= 15 is 0 Å². The standard InChI is InChI=1S/C22H26N2O4S/c1-27-18-8-6-16(7-9-18)22(10-12-28-13-11-22)15-23-20(25)21(26)24-17-4-3-5-19(14-17)29-2/h3-9,14H,10-13,15H2,1-2H3,(H,23,25)(H,24,26). The Morgan fingerprint density at radius 1 is 1.10 bits per heavy atom. The maximum atomic E-state index is 12.4. The van der Waals surface area contributed by atoms with Crippen LogP contribution in [0.3, 0.4) is 0 Å². The molecule has 0 saturated carbocycles. The minimum atomic E-state index is -0.666. The molecule has 0 unspecified atom stereocenters. The van der Waals surface area contributed by atoms with E-state index in [4.69, 9.17) is 9.47 Å². The van der Waals surface area contributed by atoms with Crippen LogP contribution in [0.1, 0.15) is 18.4 Å². The molecule has 1 fully saturated rings. The van der Waals surface area contributed by atoms with Crippen LogP contribution in [-0.2, 0) is 19.7 Å². The van der Waals surface area contributed by atoms with Gasteiger partial charge >= 0.3 is 11.8 Å². The van der Waals surface area contributed by atoms with Gasteiger partial charge in [0.05, 0.1) is 7.11 Å². The minimum absolute atomic E-state index is 0.265. The summed E-state index contributed by atoms with van der Waals surface area (Å²) in [6, 6.07) is 15.3. The largest absolute Gasteiger partial charge is 0.497 e. The second-order valence-electron chi connectivity index (χ2n) is 6.99. The number of benzene rings is 2. The molecule has 0 atom stereocenters. The van der Waals surface area contributed by atoms with Crippen LogP contribution in [0.15, 0.2) is 53.4 Å². The van der Waals surface area contributed by atoms with E-state index in [1.165, 1.54) is 0 Å². The molecule has 2 aromatic carbocycles. The van der Waals surface area contributed by atoms with Crippen molar-refractivity contribution in [3.05, 3.63) is 54.1 Å². The van der Waals surface area contributed by atoms with Gasteiger partial charge in [0, 0.05) is 35.8 Å². The summed E-state index contributed by atoms with van der Waals surface area (Å²) < 4.78 is 10.8. The highest BCUT2D eigenvalue weighted by Crippen LogP contribution is 2.35. The number of amides is 2. The van der Waals surface area contributed by atoms with Crippen molar-refractivity contribution in [3.8, 4) is 5.75 Å². The van der Waals surface area contributed by atoms with E-state index < -0.39 is 11.8 Å². The van der Waals surface area contributed by atoms with Crippen LogP contribution in [0.2, 0.25) is 0 Å². The van der Waals surface area contributed by atoms with Crippen molar-refractivity contribution in [1.29, 1.82) is 0 Å². The first kappa shape index (κ1) is 21.2. The second kappa shape index (κ2) is 9.80. The molecule has 0 bridgehead atoms. The SMILES string of the molecule is COc1ccc(C2(CNC(=O)C(=O)Nc3cccc(SC)c3)CCOCC2)cc1. The average Bonchev–Trinajstić information content (AvgIpc) is 2.78. The van der Waals surface area contributed by atoms with E-state index in [0.717, 1.165) is 29.1 Å². The molecule has 2 N–H and O–H groups in total. The third kappa shape index (κ3) is 5.31. The average molecular weight is 415 g/mol. The minimum Gasteiger partial charge on any atom is -0.497 e. The first-order valence-corrected chi connectivity index (χ1v) is 10.7. The van der Waals surface area contributed by atoms with Gasteiger partial charge in [-0.15, -0.1) is 11.8 Å². The molecule has 1 saturated heterocycles. The molecular weight excluding hydrogens is 388 g/mol. The van der Waals surface area contributed by atoms with E-state index in [-0.39, 0.29) is 5.41 Å². The maximum Gasteiger partial charge on any atom is 0.313 e. The summed E-state index contributed by atoms with van der Waals surface area (Å²) >= 11 is 1.57. The fourth-order valence-electron chi connectivity index (χ4n) is 3.49. The van der Waals surface area contributed by atoms with Crippen LogP contribution in [0.5, 0.6) is 5.75 Å². The van der Waals surface area contributed by atoms with Gasteiger partial charge in [0.1, 0.15) is 5.75 Å². The van der Waals surface area contributed by atoms with Crippen molar-refractivity contribution in [1.82, 2.24) is 5.32 Å². The van der Waals surface area contributed by atoms with Crippen LogP contribution >= 0.6 is 11.8 Å². The molecule has 29 heavy (non-hydrogen) atoms. The molecule has 1 aliphatic rings. The van der Waals surface area contributed by atoms with Crippen LogP contribution in [-0.4, -0.2) is 44.9 Å². The predicted molar refractivity (Wildman–Crippen MR) is 115 cm³/mol. The normalized spacial score (nSPS) is 15.4. The Balaban J connectivity index is 1.66. The van der Waals surface area contributed by atoms with Crippen LogP contribution in [0.25, 0.3) is 0 Å². The first-order valence-electron chi connectivity index (χ1n) is 9.52. The molecule has 6 nitrogen and oxygen atoms in total. The summed E-state index contributed by atoms with van der Waals surface area (Å²) in [6.45, 7) is 1.62. The van der Waals surface area contributed by atoms with Crippen LogP contribution in [0.4, 0.5) is 5.69 Å². The Kier molecular flexibility index (Phi) is 7.17. The Labute approximate surface area is 175 Å². The topological polar surface area (TPSA) is 76.7 Å². The fourth-order valence-corrected chi connectivity index (χ4v) is 3.95. The number of rotatable bonds is 6. The Hall–Kier alpha value is -2.51. The first-order chi connectivity index (χ1) is 14.1. The van der Waals surface area contributed by atoms with Gasteiger partial charge in [0.15, 0.2) is 0 Å². The molecule has 154 valence electrons. The van der Waals surface area contributed by atoms with Crippen molar-refractivity contribution in [2.75, 3.05) is 38.4 Å². The zero-order valence-electron chi connectivity index (χ0n) is 16.7. The number of thioether (sulfide) groups is 1. The summed E-state index contributed by atoms with van der Waals surface area (Å²) in [5.74, 6) is -0.522.